The van der Waals surface area contributed by atoms with Crippen LogP contribution in [-0.4, -0.2) is 46.1 Å². The molecule has 0 saturated carbocycles. The zero-order chi connectivity index (χ0) is 16.6. The molecular formula is C16H17ClN4O2. The highest BCUT2D eigenvalue weighted by atomic mass is 35.5. The van der Waals surface area contributed by atoms with Gasteiger partial charge in [-0.2, -0.15) is 5.10 Å². The number of nitrogens with zero attached hydrogens (tertiary/aromatic N) is 3. The van der Waals surface area contributed by atoms with E-state index in [1.54, 1.807) is 22.7 Å². The predicted octanol–water partition coefficient (Wildman–Crippen LogP) is 1.79. The normalized spacial score (nSPS) is 17.6. The molecule has 0 radical (unpaired) electrons. The van der Waals surface area contributed by atoms with Crippen molar-refractivity contribution in [3.05, 3.63) is 46.7 Å². The number of para-hydroxylation sites is 1. The van der Waals surface area contributed by atoms with Crippen molar-refractivity contribution in [3.63, 3.8) is 0 Å². The fourth-order valence-corrected chi connectivity index (χ4v) is 2.94. The molecule has 0 unspecified atom stereocenters. The van der Waals surface area contributed by atoms with E-state index in [4.69, 9.17) is 11.6 Å². The Kier molecular flexibility index (Phi) is 4.09. The lowest BCUT2D eigenvalue weighted by Crippen LogP contribution is -2.36. The number of carbonyl (C=O) groups is 2. The van der Waals surface area contributed by atoms with Crippen LogP contribution in [0.3, 0.4) is 0 Å². The Hall–Kier alpha value is -2.34. The highest BCUT2D eigenvalue weighted by Crippen LogP contribution is 2.22. The fourth-order valence-electron chi connectivity index (χ4n) is 2.72. The van der Waals surface area contributed by atoms with E-state index in [2.05, 4.69) is 10.4 Å². The molecule has 2 amide bonds. The molecule has 0 aliphatic carbocycles. The Morgan fingerprint density at radius 2 is 2.13 bits per heavy atom. The van der Waals surface area contributed by atoms with Crippen molar-refractivity contribution in [1.29, 1.82) is 0 Å². The number of carbonyl (C=O) groups excluding carboxylic acids is 2. The van der Waals surface area contributed by atoms with E-state index >= 15 is 0 Å². The second kappa shape index (κ2) is 6.04. The Labute approximate surface area is 139 Å². The molecular weight excluding hydrogens is 316 g/mol. The molecule has 1 atom stereocenters. The lowest BCUT2D eigenvalue weighted by atomic mass is 10.2. The van der Waals surface area contributed by atoms with Gasteiger partial charge in [-0.05, 0) is 19.1 Å². The van der Waals surface area contributed by atoms with Gasteiger partial charge in [-0.1, -0.05) is 23.7 Å². The first-order chi connectivity index (χ1) is 11.0. The summed E-state index contributed by atoms with van der Waals surface area (Å²) >= 11 is 6.18. The number of halogens is 1. The maximum atomic E-state index is 12.4. The summed E-state index contributed by atoms with van der Waals surface area (Å²) in [5, 5.41) is 7.72. The first-order valence-electron chi connectivity index (χ1n) is 7.31. The van der Waals surface area contributed by atoms with Crippen molar-refractivity contribution >= 4 is 23.4 Å². The van der Waals surface area contributed by atoms with E-state index in [1.165, 1.54) is 6.20 Å². The molecule has 2 aromatic rings. The molecule has 7 heteroatoms. The van der Waals surface area contributed by atoms with Gasteiger partial charge in [0.1, 0.15) is 0 Å². The minimum Gasteiger partial charge on any atom is -0.347 e. The number of likely N-dealkylation sites (tertiary alicyclic amines) is 1. The van der Waals surface area contributed by atoms with E-state index in [0.29, 0.717) is 29.2 Å². The van der Waals surface area contributed by atoms with Crippen molar-refractivity contribution in [2.45, 2.75) is 19.4 Å². The summed E-state index contributed by atoms with van der Waals surface area (Å²) in [6, 6.07) is 7.16. The zero-order valence-electron chi connectivity index (χ0n) is 12.9. The summed E-state index contributed by atoms with van der Waals surface area (Å²) in [4.78, 5) is 25.6. The monoisotopic (exact) mass is 332 g/mol. The smallest absolute Gasteiger partial charge is 0.255 e. The van der Waals surface area contributed by atoms with E-state index in [-0.39, 0.29) is 17.9 Å². The quantitative estimate of drug-likeness (QED) is 0.932. The van der Waals surface area contributed by atoms with E-state index in [9.17, 15) is 9.59 Å². The van der Waals surface area contributed by atoms with Crippen molar-refractivity contribution in [2.24, 2.45) is 0 Å². The van der Waals surface area contributed by atoms with Crippen molar-refractivity contribution < 1.29 is 9.59 Å². The molecule has 1 aliphatic heterocycles. The number of hydrogen-bond donors (Lipinski definition) is 1. The molecule has 1 fully saturated rings. The van der Waals surface area contributed by atoms with Gasteiger partial charge in [0.15, 0.2) is 0 Å². The topological polar surface area (TPSA) is 67.2 Å². The number of rotatable bonds is 3. The second-order valence-electron chi connectivity index (χ2n) is 5.66. The van der Waals surface area contributed by atoms with Gasteiger partial charge in [0.25, 0.3) is 5.91 Å². The van der Waals surface area contributed by atoms with E-state index < -0.39 is 0 Å². The first-order valence-corrected chi connectivity index (χ1v) is 7.69. The van der Waals surface area contributed by atoms with Gasteiger partial charge in [-0.15, -0.1) is 0 Å². The van der Waals surface area contributed by atoms with E-state index in [0.717, 1.165) is 5.69 Å². The molecule has 1 aromatic carbocycles. The number of hydrogen-bond acceptors (Lipinski definition) is 3. The molecule has 2 heterocycles. The highest BCUT2D eigenvalue weighted by molar-refractivity contribution is 6.32. The van der Waals surface area contributed by atoms with Crippen molar-refractivity contribution in [2.75, 3.05) is 13.6 Å². The van der Waals surface area contributed by atoms with Crippen LogP contribution in [0.5, 0.6) is 0 Å². The number of benzene rings is 1. The summed E-state index contributed by atoms with van der Waals surface area (Å²) in [5.74, 6) is -0.187. The maximum absolute atomic E-state index is 12.4. The molecule has 1 saturated heterocycles. The first kappa shape index (κ1) is 15.6. The average Bonchev–Trinajstić information content (AvgIpc) is 3.03. The van der Waals surface area contributed by atoms with Gasteiger partial charge in [0, 0.05) is 20.0 Å². The maximum Gasteiger partial charge on any atom is 0.255 e. The molecule has 3 rings (SSSR count). The number of aromatic nitrogens is 2. The third-order valence-corrected chi connectivity index (χ3v) is 4.33. The predicted molar refractivity (Wildman–Crippen MR) is 86.8 cm³/mol. The van der Waals surface area contributed by atoms with Crippen LogP contribution < -0.4 is 5.32 Å². The van der Waals surface area contributed by atoms with Gasteiger partial charge in [-0.25, -0.2) is 4.68 Å². The lowest BCUT2D eigenvalue weighted by Gasteiger charge is -2.12. The summed E-state index contributed by atoms with van der Waals surface area (Å²) < 4.78 is 1.64. The van der Waals surface area contributed by atoms with Crippen LogP contribution in [0.15, 0.2) is 30.5 Å². The van der Waals surface area contributed by atoms with Gasteiger partial charge < -0.3 is 10.2 Å². The molecule has 1 aromatic heterocycles. The molecule has 0 bridgehead atoms. The van der Waals surface area contributed by atoms with Gasteiger partial charge >= 0.3 is 0 Å². The Morgan fingerprint density at radius 3 is 2.78 bits per heavy atom. The largest absolute Gasteiger partial charge is 0.347 e. The van der Waals surface area contributed by atoms with Gasteiger partial charge in [-0.3, -0.25) is 9.59 Å². The molecule has 1 aliphatic rings. The van der Waals surface area contributed by atoms with Crippen molar-refractivity contribution in [1.82, 2.24) is 20.0 Å². The molecule has 120 valence electrons. The number of likely N-dealkylation sites (N-methyl/N-ethyl adjacent to an activating group) is 1. The SMILES string of the molecule is Cc1c(C(=O)N[C@H]2CC(=O)N(C)C2)cnn1-c1ccccc1Cl. The third kappa shape index (κ3) is 2.94. The fraction of sp³-hybridized carbons (Fsp3) is 0.312. The third-order valence-electron chi connectivity index (χ3n) is 4.01. The van der Waals surface area contributed by atoms with Crippen LogP contribution in [0, 0.1) is 6.92 Å². The minimum absolute atomic E-state index is 0.0405. The molecule has 23 heavy (non-hydrogen) atoms. The van der Waals surface area contributed by atoms with E-state index in [1.807, 2.05) is 25.1 Å². The van der Waals surface area contributed by atoms with Crippen molar-refractivity contribution in [3.8, 4) is 5.69 Å². The average molecular weight is 333 g/mol. The van der Waals surface area contributed by atoms with Crippen LogP contribution in [0.1, 0.15) is 22.5 Å². The Balaban J connectivity index is 1.81. The standard InChI is InChI=1S/C16H17ClN4O2/c1-10-12(16(23)19-11-7-15(22)20(2)9-11)8-18-21(10)14-6-4-3-5-13(14)17/h3-6,8,11H,7,9H2,1-2H3,(H,19,23)/t11-/m0/s1. The van der Waals surface area contributed by atoms with Crippen LogP contribution in [-0.2, 0) is 4.79 Å². The molecule has 1 N–H and O–H groups in total. The Morgan fingerprint density at radius 1 is 1.39 bits per heavy atom. The summed E-state index contributed by atoms with van der Waals surface area (Å²) in [6.07, 6.45) is 1.86. The summed E-state index contributed by atoms with van der Waals surface area (Å²) in [5.41, 5.74) is 1.90. The minimum atomic E-state index is -0.228. The van der Waals surface area contributed by atoms with Crippen LogP contribution in [0.25, 0.3) is 5.69 Å². The summed E-state index contributed by atoms with van der Waals surface area (Å²) in [6.45, 7) is 2.35. The second-order valence-corrected chi connectivity index (χ2v) is 6.06. The van der Waals surface area contributed by atoms with Crippen LogP contribution in [0.4, 0.5) is 0 Å². The highest BCUT2D eigenvalue weighted by Gasteiger charge is 2.29. The van der Waals surface area contributed by atoms with Gasteiger partial charge in [0.2, 0.25) is 5.91 Å². The van der Waals surface area contributed by atoms with Crippen LogP contribution in [0.2, 0.25) is 5.02 Å². The summed E-state index contributed by atoms with van der Waals surface area (Å²) in [7, 11) is 1.73. The molecule has 0 spiro atoms. The van der Waals surface area contributed by atoms with Gasteiger partial charge in [0.05, 0.1) is 34.2 Å². The Bertz CT molecular complexity index is 771. The molecule has 6 nitrogen and oxygen atoms in total. The zero-order valence-corrected chi connectivity index (χ0v) is 13.7. The lowest BCUT2D eigenvalue weighted by molar-refractivity contribution is -0.126. The number of amides is 2. The number of nitrogens with one attached hydrogen (secondary N) is 1. The van der Waals surface area contributed by atoms with Crippen LogP contribution >= 0.6 is 11.6 Å².